The lowest BCUT2D eigenvalue weighted by atomic mass is 10.3. The Kier molecular flexibility index (Phi) is 5.09. The molecule has 0 bridgehead atoms. The van der Waals surface area contributed by atoms with Crippen molar-refractivity contribution in [2.45, 2.75) is 43.6 Å². The van der Waals surface area contributed by atoms with Crippen LogP contribution in [0.3, 0.4) is 0 Å². The van der Waals surface area contributed by atoms with Crippen molar-refractivity contribution in [3.63, 3.8) is 0 Å². The molecule has 0 aliphatic carbocycles. The minimum atomic E-state index is -3.55. The average Bonchev–Trinajstić information content (AvgIpc) is 3.07. The van der Waals surface area contributed by atoms with Crippen LogP contribution in [0, 0.1) is 0 Å². The van der Waals surface area contributed by atoms with E-state index in [0.717, 1.165) is 4.88 Å². The molecule has 1 unspecified atom stereocenters. The Labute approximate surface area is 128 Å². The monoisotopic (exact) mass is 329 g/mol. The molecule has 0 aliphatic heterocycles. The highest BCUT2D eigenvalue weighted by Gasteiger charge is 2.21. The quantitative estimate of drug-likeness (QED) is 0.713. The molecule has 2 aromatic heterocycles. The highest BCUT2D eigenvalue weighted by molar-refractivity contribution is 7.91. The van der Waals surface area contributed by atoms with E-state index in [1.165, 1.54) is 17.7 Å². The van der Waals surface area contributed by atoms with Crippen LogP contribution in [-0.2, 0) is 16.6 Å². The molecule has 0 saturated carbocycles. The minimum absolute atomic E-state index is 0.300. The summed E-state index contributed by atoms with van der Waals surface area (Å²) in [6.07, 6.45) is 1.35. The van der Waals surface area contributed by atoms with E-state index >= 15 is 0 Å². The zero-order chi connectivity index (χ0) is 15.5. The van der Waals surface area contributed by atoms with Gasteiger partial charge < -0.3 is 5.32 Å². The summed E-state index contributed by atoms with van der Waals surface area (Å²) in [4.78, 5) is 4.93. The molecule has 9 heteroatoms. The third kappa shape index (κ3) is 4.34. The molecule has 0 saturated heterocycles. The van der Waals surface area contributed by atoms with Crippen LogP contribution in [0.5, 0.6) is 0 Å². The van der Waals surface area contributed by atoms with Crippen LogP contribution in [0.2, 0.25) is 0 Å². The molecule has 0 aromatic carbocycles. The fraction of sp³-hybridized carbons (Fsp3) is 0.500. The molecule has 2 rings (SSSR count). The predicted molar refractivity (Wildman–Crippen MR) is 81.4 cm³/mol. The molecule has 116 valence electrons. The number of H-pyrrole nitrogens is 1. The van der Waals surface area contributed by atoms with Gasteiger partial charge in [-0.15, -0.1) is 11.3 Å². The van der Waals surface area contributed by atoms with Crippen LogP contribution in [0.1, 0.15) is 37.5 Å². The van der Waals surface area contributed by atoms with Gasteiger partial charge in [0.15, 0.2) is 0 Å². The van der Waals surface area contributed by atoms with Gasteiger partial charge in [-0.2, -0.15) is 5.10 Å². The summed E-state index contributed by atoms with van der Waals surface area (Å²) in [7, 11) is -3.55. The van der Waals surface area contributed by atoms with E-state index in [0.29, 0.717) is 22.6 Å². The smallest absolute Gasteiger partial charge is 0.250 e. The second-order valence-electron chi connectivity index (χ2n) is 4.97. The molecule has 1 atom stereocenters. The highest BCUT2D eigenvalue weighted by atomic mass is 32.2. The summed E-state index contributed by atoms with van der Waals surface area (Å²) in [5, 5.41) is 9.63. The van der Waals surface area contributed by atoms with Gasteiger partial charge >= 0.3 is 0 Å². The molecule has 3 N–H and O–H groups in total. The molecule has 7 nitrogen and oxygen atoms in total. The van der Waals surface area contributed by atoms with Gasteiger partial charge in [-0.25, -0.2) is 18.1 Å². The van der Waals surface area contributed by atoms with Crippen LogP contribution in [0.15, 0.2) is 22.7 Å². The molecule has 0 aliphatic rings. The Bertz CT molecular complexity index is 664. The predicted octanol–water partition coefficient (Wildman–Crippen LogP) is 1.40. The van der Waals surface area contributed by atoms with Gasteiger partial charge in [0.05, 0.1) is 6.04 Å². The van der Waals surface area contributed by atoms with Gasteiger partial charge in [0.2, 0.25) is 0 Å². The maximum absolute atomic E-state index is 12.3. The second-order valence-corrected chi connectivity index (χ2v) is 8.08. The number of nitrogens with one attached hydrogen (secondary N) is 3. The molecule has 0 spiro atoms. The maximum Gasteiger partial charge on any atom is 0.250 e. The van der Waals surface area contributed by atoms with Gasteiger partial charge in [0.25, 0.3) is 10.0 Å². The van der Waals surface area contributed by atoms with Gasteiger partial charge in [0.1, 0.15) is 16.4 Å². The van der Waals surface area contributed by atoms with E-state index in [2.05, 4.69) is 25.2 Å². The Balaban J connectivity index is 2.05. The van der Waals surface area contributed by atoms with Crippen molar-refractivity contribution in [2.24, 2.45) is 0 Å². The third-order valence-corrected chi connectivity index (χ3v) is 5.88. The number of rotatable bonds is 7. The van der Waals surface area contributed by atoms with Gasteiger partial charge in [0, 0.05) is 17.5 Å². The lowest BCUT2D eigenvalue weighted by Gasteiger charge is -2.10. The Morgan fingerprint density at radius 1 is 1.33 bits per heavy atom. The van der Waals surface area contributed by atoms with Gasteiger partial charge in [-0.05, 0) is 19.1 Å². The number of sulfonamides is 1. The molecule has 2 aromatic rings. The lowest BCUT2D eigenvalue weighted by molar-refractivity contribution is 0.562. The SMILES string of the molecule is CC(C)NCc1ccc(S(=O)(=O)NC(C)c2ncn[nH]2)s1. The van der Waals surface area contributed by atoms with Crippen molar-refractivity contribution in [1.29, 1.82) is 0 Å². The summed E-state index contributed by atoms with van der Waals surface area (Å²) < 4.78 is 27.5. The fourth-order valence-corrected chi connectivity index (χ4v) is 4.20. The first-order valence-electron chi connectivity index (χ1n) is 6.58. The number of thiophene rings is 1. The van der Waals surface area contributed by atoms with Crippen LogP contribution >= 0.6 is 11.3 Å². The number of hydrogen-bond donors (Lipinski definition) is 3. The van der Waals surface area contributed by atoms with Crippen LogP contribution < -0.4 is 10.0 Å². The molecule has 0 amide bonds. The molecule has 0 fully saturated rings. The normalized spacial score (nSPS) is 13.7. The zero-order valence-corrected chi connectivity index (χ0v) is 13.8. The first kappa shape index (κ1) is 16.1. The fourth-order valence-electron chi connectivity index (χ4n) is 1.67. The van der Waals surface area contributed by atoms with Crippen molar-refractivity contribution < 1.29 is 8.42 Å². The standard InChI is InChI=1S/C12H19N5O2S2/c1-8(2)13-6-10-4-5-11(20-10)21(18,19)17-9(3)12-14-7-15-16-12/h4-5,7-9,13,17H,6H2,1-3H3,(H,14,15,16). The van der Waals surface area contributed by atoms with Crippen molar-refractivity contribution in [3.8, 4) is 0 Å². The topological polar surface area (TPSA) is 99.8 Å². The van der Waals surface area contributed by atoms with Crippen LogP contribution in [-0.4, -0.2) is 29.6 Å². The van der Waals surface area contributed by atoms with Crippen molar-refractivity contribution >= 4 is 21.4 Å². The first-order chi connectivity index (χ1) is 9.88. The molecule has 21 heavy (non-hydrogen) atoms. The summed E-state index contributed by atoms with van der Waals surface area (Å²) >= 11 is 1.26. The number of hydrogen-bond acceptors (Lipinski definition) is 6. The number of aromatic nitrogens is 3. The van der Waals surface area contributed by atoms with Gasteiger partial charge in [-0.3, -0.25) is 5.10 Å². The largest absolute Gasteiger partial charge is 0.310 e. The third-order valence-electron chi connectivity index (χ3n) is 2.76. The lowest BCUT2D eigenvalue weighted by Crippen LogP contribution is -2.27. The van der Waals surface area contributed by atoms with E-state index < -0.39 is 16.1 Å². The second kappa shape index (κ2) is 6.65. The van der Waals surface area contributed by atoms with Crippen molar-refractivity contribution in [1.82, 2.24) is 25.2 Å². The summed E-state index contributed by atoms with van der Waals surface area (Å²) in [6, 6.07) is 3.35. The van der Waals surface area contributed by atoms with E-state index in [4.69, 9.17) is 0 Å². The van der Waals surface area contributed by atoms with Crippen LogP contribution in [0.25, 0.3) is 0 Å². The summed E-state index contributed by atoms with van der Waals surface area (Å²) in [6.45, 7) is 6.47. The Morgan fingerprint density at radius 3 is 2.71 bits per heavy atom. The average molecular weight is 329 g/mol. The zero-order valence-electron chi connectivity index (χ0n) is 12.1. The molecule has 0 radical (unpaired) electrons. The Morgan fingerprint density at radius 2 is 2.10 bits per heavy atom. The van der Waals surface area contributed by atoms with Gasteiger partial charge in [-0.1, -0.05) is 13.8 Å². The Hall–Kier alpha value is -1.29. The summed E-state index contributed by atoms with van der Waals surface area (Å²) in [5.41, 5.74) is 0. The van der Waals surface area contributed by atoms with Crippen LogP contribution in [0.4, 0.5) is 0 Å². The minimum Gasteiger partial charge on any atom is -0.310 e. The van der Waals surface area contributed by atoms with Crippen molar-refractivity contribution in [3.05, 3.63) is 29.2 Å². The van der Waals surface area contributed by atoms with E-state index in [1.54, 1.807) is 13.0 Å². The van der Waals surface area contributed by atoms with Crippen molar-refractivity contribution in [2.75, 3.05) is 0 Å². The number of nitrogens with zero attached hydrogens (tertiary/aromatic N) is 2. The van der Waals surface area contributed by atoms with E-state index in [-0.39, 0.29) is 0 Å². The maximum atomic E-state index is 12.3. The molecule has 2 heterocycles. The first-order valence-corrected chi connectivity index (χ1v) is 8.88. The van der Waals surface area contributed by atoms with E-state index in [1.807, 2.05) is 19.9 Å². The summed E-state index contributed by atoms with van der Waals surface area (Å²) in [5.74, 6) is 0.483. The molecular weight excluding hydrogens is 310 g/mol. The van der Waals surface area contributed by atoms with E-state index in [9.17, 15) is 8.42 Å². The molecular formula is C12H19N5O2S2. The number of aromatic amines is 1. The highest BCUT2D eigenvalue weighted by Crippen LogP contribution is 2.23.